The van der Waals surface area contributed by atoms with E-state index in [-0.39, 0.29) is 29.9 Å². The van der Waals surface area contributed by atoms with Crippen LogP contribution in [-0.4, -0.2) is 64.2 Å². The highest BCUT2D eigenvalue weighted by Crippen LogP contribution is 2.34. The molecule has 0 saturated heterocycles. The van der Waals surface area contributed by atoms with Crippen LogP contribution in [0.3, 0.4) is 0 Å². The van der Waals surface area contributed by atoms with Crippen LogP contribution in [0.1, 0.15) is 32.8 Å². The van der Waals surface area contributed by atoms with Crippen LogP contribution >= 0.6 is 23.2 Å². The van der Waals surface area contributed by atoms with Gasteiger partial charge in [0, 0.05) is 18.7 Å². The number of amides is 2. The molecule has 0 spiro atoms. The van der Waals surface area contributed by atoms with E-state index >= 15 is 0 Å². The summed E-state index contributed by atoms with van der Waals surface area (Å²) >= 11 is 12.2. The van der Waals surface area contributed by atoms with E-state index in [1.807, 2.05) is 13.8 Å². The third kappa shape index (κ3) is 8.15. The summed E-state index contributed by atoms with van der Waals surface area (Å²) in [7, 11) is -1.07. The molecule has 0 aliphatic carbocycles. The predicted molar refractivity (Wildman–Crippen MR) is 146 cm³/mol. The zero-order valence-electron chi connectivity index (χ0n) is 21.7. The molecule has 204 valence electrons. The van der Waals surface area contributed by atoms with Gasteiger partial charge in [-0.15, -0.1) is 0 Å². The van der Waals surface area contributed by atoms with Crippen molar-refractivity contribution in [3.05, 3.63) is 52.0 Å². The van der Waals surface area contributed by atoms with Crippen molar-refractivity contribution < 1.29 is 27.5 Å². The SMILES string of the molecule is CC[C@H](C)NC(=O)[C@H](C)N(Cc1ccc(Cl)c(Cl)c1)C(=O)CN(c1ccc(OC)cc1OC)S(C)(=O)=O. The number of sulfonamides is 1. The zero-order valence-corrected chi connectivity index (χ0v) is 24.1. The average Bonchev–Trinajstić information content (AvgIpc) is 2.86. The Balaban J connectivity index is 2.48. The van der Waals surface area contributed by atoms with Gasteiger partial charge in [0.1, 0.15) is 24.1 Å². The molecule has 0 aromatic heterocycles. The lowest BCUT2D eigenvalue weighted by Gasteiger charge is -2.32. The molecule has 0 aliphatic heterocycles. The normalized spacial score (nSPS) is 12.9. The van der Waals surface area contributed by atoms with Gasteiger partial charge in [-0.3, -0.25) is 13.9 Å². The topological polar surface area (TPSA) is 105 Å². The molecule has 9 nitrogen and oxygen atoms in total. The molecule has 2 rings (SSSR count). The summed E-state index contributed by atoms with van der Waals surface area (Å²) in [5.74, 6) is -0.301. The maximum Gasteiger partial charge on any atom is 0.244 e. The summed E-state index contributed by atoms with van der Waals surface area (Å²) in [6, 6.07) is 8.46. The lowest BCUT2D eigenvalue weighted by Crippen LogP contribution is -2.52. The maximum atomic E-state index is 13.7. The third-order valence-corrected chi connectivity index (χ3v) is 7.71. The number of anilines is 1. The summed E-state index contributed by atoms with van der Waals surface area (Å²) in [5.41, 5.74) is 0.782. The van der Waals surface area contributed by atoms with Crippen molar-refractivity contribution in [3.8, 4) is 11.5 Å². The van der Waals surface area contributed by atoms with Crippen LogP contribution in [0.25, 0.3) is 0 Å². The molecule has 12 heteroatoms. The van der Waals surface area contributed by atoms with Crippen LogP contribution in [0.4, 0.5) is 5.69 Å². The van der Waals surface area contributed by atoms with E-state index < -0.39 is 28.5 Å². The number of carbonyl (C=O) groups is 2. The molecule has 2 atom stereocenters. The minimum atomic E-state index is -3.93. The number of rotatable bonds is 12. The lowest BCUT2D eigenvalue weighted by atomic mass is 10.1. The van der Waals surface area contributed by atoms with Gasteiger partial charge in [0.2, 0.25) is 21.8 Å². The van der Waals surface area contributed by atoms with Crippen LogP contribution in [0, 0.1) is 0 Å². The average molecular weight is 575 g/mol. The Bertz CT molecular complexity index is 1220. The van der Waals surface area contributed by atoms with Crippen LogP contribution in [-0.2, 0) is 26.2 Å². The van der Waals surface area contributed by atoms with Crippen molar-refractivity contribution in [2.45, 2.75) is 45.8 Å². The molecule has 2 aromatic carbocycles. The molecule has 0 unspecified atom stereocenters. The smallest absolute Gasteiger partial charge is 0.244 e. The molecule has 2 aromatic rings. The quantitative estimate of drug-likeness (QED) is 0.409. The van der Waals surface area contributed by atoms with Gasteiger partial charge in [-0.05, 0) is 50.1 Å². The number of methoxy groups -OCH3 is 2. The third-order valence-electron chi connectivity index (χ3n) is 5.84. The molecular weight excluding hydrogens is 541 g/mol. The van der Waals surface area contributed by atoms with Crippen molar-refractivity contribution in [1.29, 1.82) is 0 Å². The minimum Gasteiger partial charge on any atom is -0.497 e. The zero-order chi connectivity index (χ0) is 27.9. The van der Waals surface area contributed by atoms with Gasteiger partial charge in [-0.1, -0.05) is 36.2 Å². The number of benzene rings is 2. The second-order valence-corrected chi connectivity index (χ2v) is 11.3. The Morgan fingerprint density at radius 2 is 1.70 bits per heavy atom. The second-order valence-electron chi connectivity index (χ2n) is 8.57. The number of ether oxygens (including phenoxy) is 2. The first kappa shape index (κ1) is 30.5. The molecule has 0 fully saturated rings. The summed E-state index contributed by atoms with van der Waals surface area (Å²) in [6.07, 6.45) is 1.70. The lowest BCUT2D eigenvalue weighted by molar-refractivity contribution is -0.139. The standard InChI is InChI=1S/C25H33Cl2N3O6S/c1-7-16(2)28-25(32)17(3)29(14-18-8-10-20(26)21(27)12-18)24(31)15-30(37(6,33)34)22-11-9-19(35-4)13-23(22)36-5/h8-13,16-17H,7,14-15H2,1-6H3,(H,28,32)/t16-,17-/m0/s1. The first-order chi connectivity index (χ1) is 17.3. The van der Waals surface area contributed by atoms with Gasteiger partial charge in [0.25, 0.3) is 0 Å². The van der Waals surface area contributed by atoms with Gasteiger partial charge in [0.15, 0.2) is 0 Å². The van der Waals surface area contributed by atoms with E-state index in [9.17, 15) is 18.0 Å². The van der Waals surface area contributed by atoms with Gasteiger partial charge in [0.05, 0.1) is 36.2 Å². The Morgan fingerprint density at radius 3 is 2.24 bits per heavy atom. The highest BCUT2D eigenvalue weighted by atomic mass is 35.5. The van der Waals surface area contributed by atoms with Crippen LogP contribution in [0.5, 0.6) is 11.5 Å². The largest absolute Gasteiger partial charge is 0.497 e. The molecule has 2 amide bonds. The van der Waals surface area contributed by atoms with Gasteiger partial charge >= 0.3 is 0 Å². The monoisotopic (exact) mass is 573 g/mol. The maximum absolute atomic E-state index is 13.7. The summed E-state index contributed by atoms with van der Waals surface area (Å²) < 4.78 is 37.1. The number of halogens is 2. The van der Waals surface area contributed by atoms with Crippen LogP contribution in [0.2, 0.25) is 10.0 Å². The van der Waals surface area contributed by atoms with Crippen molar-refractivity contribution in [2.24, 2.45) is 0 Å². The van der Waals surface area contributed by atoms with E-state index in [1.54, 1.807) is 31.2 Å². The fraction of sp³-hybridized carbons (Fsp3) is 0.440. The van der Waals surface area contributed by atoms with E-state index in [0.717, 1.165) is 10.6 Å². The summed E-state index contributed by atoms with van der Waals surface area (Å²) in [4.78, 5) is 28.0. The molecule has 0 aliphatic rings. The van der Waals surface area contributed by atoms with Crippen molar-refractivity contribution in [2.75, 3.05) is 31.3 Å². The van der Waals surface area contributed by atoms with Crippen LogP contribution < -0.4 is 19.1 Å². The van der Waals surface area contributed by atoms with Crippen molar-refractivity contribution >= 4 is 50.7 Å². The second kappa shape index (κ2) is 13.2. The Kier molecular flexibility index (Phi) is 10.9. The van der Waals surface area contributed by atoms with E-state index in [0.29, 0.717) is 27.8 Å². The number of nitrogens with zero attached hydrogens (tertiary/aromatic N) is 2. The first-order valence-corrected chi connectivity index (χ1v) is 14.2. The molecule has 0 saturated carbocycles. The Labute approximate surface area is 228 Å². The minimum absolute atomic E-state index is 0.00215. The van der Waals surface area contributed by atoms with Crippen LogP contribution in [0.15, 0.2) is 36.4 Å². The fourth-order valence-corrected chi connectivity index (χ4v) is 4.64. The fourth-order valence-electron chi connectivity index (χ4n) is 3.47. The molecule has 37 heavy (non-hydrogen) atoms. The number of carbonyl (C=O) groups excluding carboxylic acids is 2. The van der Waals surface area contributed by atoms with E-state index in [2.05, 4.69) is 5.32 Å². The molecule has 1 N–H and O–H groups in total. The predicted octanol–water partition coefficient (Wildman–Crippen LogP) is 4.11. The Hall–Kier alpha value is -2.69. The molecular formula is C25H33Cl2N3O6S. The van der Waals surface area contributed by atoms with Gasteiger partial charge < -0.3 is 19.7 Å². The summed E-state index contributed by atoms with van der Waals surface area (Å²) in [6.45, 7) is 4.81. The molecule has 0 heterocycles. The molecule has 0 bridgehead atoms. The number of hydrogen-bond donors (Lipinski definition) is 1. The highest BCUT2D eigenvalue weighted by Gasteiger charge is 2.31. The van der Waals surface area contributed by atoms with Gasteiger partial charge in [-0.25, -0.2) is 8.42 Å². The summed E-state index contributed by atoms with van der Waals surface area (Å²) in [5, 5.41) is 3.51. The highest BCUT2D eigenvalue weighted by molar-refractivity contribution is 7.92. The van der Waals surface area contributed by atoms with E-state index in [1.165, 1.54) is 31.3 Å². The van der Waals surface area contributed by atoms with Crippen molar-refractivity contribution in [3.63, 3.8) is 0 Å². The Morgan fingerprint density at radius 1 is 1.03 bits per heavy atom. The number of hydrogen-bond acceptors (Lipinski definition) is 6. The first-order valence-electron chi connectivity index (χ1n) is 11.6. The van der Waals surface area contributed by atoms with E-state index in [4.69, 9.17) is 32.7 Å². The van der Waals surface area contributed by atoms with Crippen molar-refractivity contribution in [1.82, 2.24) is 10.2 Å². The molecule has 0 radical (unpaired) electrons. The number of nitrogens with one attached hydrogen (secondary N) is 1. The van der Waals surface area contributed by atoms with Gasteiger partial charge in [-0.2, -0.15) is 0 Å².